The van der Waals surface area contributed by atoms with Crippen molar-refractivity contribution >= 4 is 5.91 Å². The van der Waals surface area contributed by atoms with Crippen LogP contribution in [0.5, 0.6) is 0 Å². The van der Waals surface area contributed by atoms with Gasteiger partial charge < -0.3 is 10.4 Å². The summed E-state index contributed by atoms with van der Waals surface area (Å²) in [6, 6.07) is 0. The molecule has 1 fully saturated rings. The molecule has 0 bridgehead atoms. The number of nitrogens with one attached hydrogen (secondary N) is 1. The molecule has 2 unspecified atom stereocenters. The fourth-order valence-corrected chi connectivity index (χ4v) is 3.19. The Morgan fingerprint density at radius 3 is 2.79 bits per heavy atom. The first-order chi connectivity index (χ1) is 11.2. The molecule has 5 nitrogen and oxygen atoms in total. The molecule has 0 spiro atoms. The van der Waals surface area contributed by atoms with Crippen LogP contribution in [0.25, 0.3) is 0 Å². The Bertz CT molecular complexity index is 574. The lowest BCUT2D eigenvalue weighted by molar-refractivity contribution is 0.00183. The maximum atomic E-state index is 13.2. The van der Waals surface area contributed by atoms with Gasteiger partial charge in [-0.25, -0.2) is 8.78 Å². The number of rotatable bonds is 6. The molecule has 0 aromatic carbocycles. The highest BCUT2D eigenvalue weighted by atomic mass is 19.3. The Balaban J connectivity index is 2.09. The van der Waals surface area contributed by atoms with E-state index in [0.29, 0.717) is 13.0 Å². The van der Waals surface area contributed by atoms with Gasteiger partial charge in [0.15, 0.2) is 5.69 Å². The van der Waals surface area contributed by atoms with Crippen LogP contribution in [0.2, 0.25) is 0 Å². The second kappa shape index (κ2) is 7.59. The minimum Gasteiger partial charge on any atom is -0.392 e. The molecule has 1 saturated carbocycles. The van der Waals surface area contributed by atoms with Crippen molar-refractivity contribution < 1.29 is 18.7 Å². The number of hydrogen-bond donors (Lipinski definition) is 2. The first kappa shape index (κ1) is 18.8. The minimum atomic E-state index is -2.75. The predicted octanol–water partition coefficient (Wildman–Crippen LogP) is 3.15. The van der Waals surface area contributed by atoms with Gasteiger partial charge in [0.25, 0.3) is 12.3 Å². The molecule has 24 heavy (non-hydrogen) atoms. The molecular weight excluding hydrogens is 316 g/mol. The molecule has 1 aliphatic carbocycles. The zero-order valence-electron chi connectivity index (χ0n) is 14.6. The van der Waals surface area contributed by atoms with Crippen LogP contribution in [0.3, 0.4) is 0 Å². The molecule has 136 valence electrons. The maximum Gasteiger partial charge on any atom is 0.272 e. The van der Waals surface area contributed by atoms with Gasteiger partial charge in [0.2, 0.25) is 0 Å². The van der Waals surface area contributed by atoms with Crippen molar-refractivity contribution in [1.82, 2.24) is 15.1 Å². The second-order valence-electron chi connectivity index (χ2n) is 7.45. The predicted molar refractivity (Wildman–Crippen MR) is 86.9 cm³/mol. The van der Waals surface area contributed by atoms with Crippen LogP contribution in [-0.2, 0) is 6.54 Å². The van der Waals surface area contributed by atoms with Crippen LogP contribution in [0.1, 0.15) is 68.9 Å². The van der Waals surface area contributed by atoms with E-state index in [1.165, 1.54) is 10.9 Å². The van der Waals surface area contributed by atoms with E-state index in [1.807, 2.05) is 20.8 Å². The smallest absolute Gasteiger partial charge is 0.272 e. The number of amides is 1. The molecule has 1 heterocycles. The largest absolute Gasteiger partial charge is 0.392 e. The molecule has 2 rings (SSSR count). The summed E-state index contributed by atoms with van der Waals surface area (Å²) in [5.41, 5.74) is -0.985. The zero-order chi connectivity index (χ0) is 17.9. The highest BCUT2D eigenvalue weighted by Gasteiger charge is 2.36. The van der Waals surface area contributed by atoms with Crippen LogP contribution < -0.4 is 5.32 Å². The Morgan fingerprint density at radius 1 is 1.50 bits per heavy atom. The van der Waals surface area contributed by atoms with Crippen molar-refractivity contribution in [2.24, 2.45) is 11.3 Å². The van der Waals surface area contributed by atoms with E-state index in [0.717, 1.165) is 19.3 Å². The molecule has 0 saturated heterocycles. The van der Waals surface area contributed by atoms with Gasteiger partial charge in [0.1, 0.15) is 0 Å². The molecule has 7 heteroatoms. The van der Waals surface area contributed by atoms with Crippen LogP contribution in [0, 0.1) is 11.3 Å². The number of aromatic nitrogens is 2. The van der Waals surface area contributed by atoms with Crippen LogP contribution in [0.4, 0.5) is 8.78 Å². The molecule has 2 N–H and O–H groups in total. The van der Waals surface area contributed by atoms with Gasteiger partial charge in [-0.1, -0.05) is 33.6 Å². The number of aliphatic hydroxyl groups excluding tert-OH is 1. The fraction of sp³-hybridized carbons (Fsp3) is 0.765. The summed E-state index contributed by atoms with van der Waals surface area (Å²) in [6.45, 7) is 6.56. The average Bonchev–Trinajstić information content (AvgIpc) is 2.91. The summed E-state index contributed by atoms with van der Waals surface area (Å²) in [5.74, 6) is -0.366. The van der Waals surface area contributed by atoms with E-state index in [9.17, 15) is 18.7 Å². The molecule has 1 aromatic rings. The molecule has 1 aliphatic rings. The third kappa shape index (κ3) is 4.32. The van der Waals surface area contributed by atoms with Gasteiger partial charge in [0, 0.05) is 24.7 Å². The van der Waals surface area contributed by atoms with Crippen molar-refractivity contribution in [3.8, 4) is 0 Å². The normalized spacial score (nSPS) is 24.6. The second-order valence-corrected chi connectivity index (χ2v) is 7.45. The maximum absolute atomic E-state index is 13.2. The SMILES string of the molecule is CC(C)Cn1cc(C(F)F)c(C(=O)NCC2(C)CCCCC2O)n1. The molecular formula is C17H27F2N3O2. The van der Waals surface area contributed by atoms with Gasteiger partial charge in [-0.2, -0.15) is 5.10 Å². The van der Waals surface area contributed by atoms with Gasteiger partial charge in [-0.15, -0.1) is 0 Å². The van der Waals surface area contributed by atoms with E-state index in [-0.39, 0.29) is 23.7 Å². The van der Waals surface area contributed by atoms with Gasteiger partial charge >= 0.3 is 0 Å². The van der Waals surface area contributed by atoms with Gasteiger partial charge in [-0.3, -0.25) is 9.48 Å². The monoisotopic (exact) mass is 343 g/mol. The fourth-order valence-electron chi connectivity index (χ4n) is 3.19. The van der Waals surface area contributed by atoms with Crippen molar-refractivity contribution in [3.63, 3.8) is 0 Å². The lowest BCUT2D eigenvalue weighted by Gasteiger charge is -2.38. The lowest BCUT2D eigenvalue weighted by atomic mass is 9.73. The Kier molecular flexibility index (Phi) is 5.96. The first-order valence-corrected chi connectivity index (χ1v) is 8.54. The van der Waals surface area contributed by atoms with Gasteiger partial charge in [0.05, 0.1) is 11.7 Å². The van der Waals surface area contributed by atoms with E-state index in [2.05, 4.69) is 10.4 Å². The van der Waals surface area contributed by atoms with Gasteiger partial charge in [-0.05, 0) is 18.8 Å². The Labute approximate surface area is 141 Å². The van der Waals surface area contributed by atoms with E-state index >= 15 is 0 Å². The summed E-state index contributed by atoms with van der Waals surface area (Å²) >= 11 is 0. The van der Waals surface area contributed by atoms with Crippen molar-refractivity contribution in [2.45, 2.75) is 65.5 Å². The topological polar surface area (TPSA) is 67.2 Å². The minimum absolute atomic E-state index is 0.223. The van der Waals surface area contributed by atoms with Crippen molar-refractivity contribution in [3.05, 3.63) is 17.5 Å². The summed E-state index contributed by atoms with van der Waals surface area (Å²) in [4.78, 5) is 12.4. The van der Waals surface area contributed by atoms with Crippen molar-refractivity contribution in [1.29, 1.82) is 0 Å². The Hall–Kier alpha value is -1.50. The molecule has 1 aromatic heterocycles. The number of nitrogens with zero attached hydrogens (tertiary/aromatic N) is 2. The molecule has 2 atom stereocenters. The average molecular weight is 343 g/mol. The van der Waals surface area contributed by atoms with Crippen LogP contribution >= 0.6 is 0 Å². The number of carbonyl (C=O) groups excluding carboxylic acids is 1. The van der Waals surface area contributed by atoms with Crippen LogP contribution in [-0.4, -0.2) is 33.4 Å². The summed E-state index contributed by atoms with van der Waals surface area (Å²) < 4.78 is 27.8. The number of hydrogen-bond acceptors (Lipinski definition) is 3. The lowest BCUT2D eigenvalue weighted by Crippen LogP contribution is -2.45. The van der Waals surface area contributed by atoms with Crippen LogP contribution in [0.15, 0.2) is 6.20 Å². The van der Waals surface area contributed by atoms with E-state index in [4.69, 9.17) is 0 Å². The third-order valence-corrected chi connectivity index (χ3v) is 4.73. The van der Waals surface area contributed by atoms with E-state index < -0.39 is 23.9 Å². The van der Waals surface area contributed by atoms with E-state index in [1.54, 1.807) is 0 Å². The number of aliphatic hydroxyl groups is 1. The standard InChI is InChI=1S/C17H27F2N3O2/c1-11(2)8-22-9-12(15(18)19)14(21-22)16(24)20-10-17(3)7-5-4-6-13(17)23/h9,11,13,15,23H,4-8,10H2,1-3H3,(H,20,24). The third-order valence-electron chi connectivity index (χ3n) is 4.73. The number of alkyl halides is 2. The molecule has 0 radical (unpaired) electrons. The molecule has 1 amide bonds. The van der Waals surface area contributed by atoms with Crippen molar-refractivity contribution in [2.75, 3.05) is 6.54 Å². The Morgan fingerprint density at radius 2 is 2.21 bits per heavy atom. The first-order valence-electron chi connectivity index (χ1n) is 8.54. The number of carbonyl (C=O) groups is 1. The zero-order valence-corrected chi connectivity index (χ0v) is 14.6. The highest BCUT2D eigenvalue weighted by Crippen LogP contribution is 2.35. The quantitative estimate of drug-likeness (QED) is 0.834. The summed E-state index contributed by atoms with van der Waals surface area (Å²) in [7, 11) is 0. The molecule has 0 aliphatic heterocycles. The highest BCUT2D eigenvalue weighted by molar-refractivity contribution is 5.93. The summed E-state index contributed by atoms with van der Waals surface area (Å²) in [5, 5.41) is 16.9. The number of halogens is 2. The summed E-state index contributed by atoms with van der Waals surface area (Å²) in [6.07, 6.45) is 1.49.